The Balaban J connectivity index is 1.74. The lowest BCUT2D eigenvalue weighted by atomic mass is 10.0. The Morgan fingerprint density at radius 2 is 1.61 bits per heavy atom. The van der Waals surface area contributed by atoms with Gasteiger partial charge in [-0.15, -0.1) is 0 Å². The Labute approximate surface area is 135 Å². The largest absolute Gasteiger partial charge is 0.392 e. The first-order chi connectivity index (χ1) is 11.3. The number of aliphatic hydroxyl groups excluding tert-OH is 1. The minimum absolute atomic E-state index is 0.0676. The molecular weight excluding hydrogens is 284 g/mol. The van der Waals surface area contributed by atoms with E-state index in [1.54, 1.807) is 6.21 Å². The van der Waals surface area contributed by atoms with Gasteiger partial charge in [0.15, 0.2) is 0 Å². The van der Waals surface area contributed by atoms with Gasteiger partial charge in [0.25, 0.3) is 0 Å². The molecule has 23 heavy (non-hydrogen) atoms. The monoisotopic (exact) mass is 302 g/mol. The number of nitrogens with zero attached hydrogens (tertiary/aromatic N) is 1. The zero-order valence-corrected chi connectivity index (χ0v) is 12.7. The number of aliphatic hydroxyl groups is 1. The van der Waals surface area contributed by atoms with Crippen molar-refractivity contribution in [3.8, 4) is 11.1 Å². The van der Waals surface area contributed by atoms with E-state index < -0.39 is 0 Å². The fourth-order valence-electron chi connectivity index (χ4n) is 2.30. The molecule has 0 spiro atoms. The van der Waals surface area contributed by atoms with Crippen molar-refractivity contribution in [3.63, 3.8) is 0 Å². The molecule has 0 radical (unpaired) electrons. The molecule has 0 amide bonds. The molecule has 0 saturated carbocycles. The van der Waals surface area contributed by atoms with Crippen LogP contribution in [0.5, 0.6) is 0 Å². The van der Waals surface area contributed by atoms with Crippen LogP contribution in [0.3, 0.4) is 0 Å². The minimum Gasteiger partial charge on any atom is -0.392 e. The van der Waals surface area contributed by atoms with Gasteiger partial charge in [-0.25, -0.2) is 0 Å². The number of nitrogens with one attached hydrogen (secondary N) is 1. The molecule has 3 rings (SSSR count). The summed E-state index contributed by atoms with van der Waals surface area (Å²) in [6.07, 6.45) is 1.80. The highest BCUT2D eigenvalue weighted by molar-refractivity contribution is 5.83. The Bertz CT molecular complexity index is 780. The second-order valence-corrected chi connectivity index (χ2v) is 5.22. The van der Waals surface area contributed by atoms with Crippen LogP contribution in [0.25, 0.3) is 11.1 Å². The molecule has 0 aliphatic carbocycles. The SMILES string of the molecule is OCc1ccc(-c2cccc(C=NNc3ccccc3)c2)cc1. The molecule has 0 atom stereocenters. The highest BCUT2D eigenvalue weighted by Crippen LogP contribution is 2.20. The number of hydrazone groups is 1. The van der Waals surface area contributed by atoms with Gasteiger partial charge < -0.3 is 5.11 Å². The number of anilines is 1. The van der Waals surface area contributed by atoms with E-state index in [0.717, 1.165) is 27.9 Å². The van der Waals surface area contributed by atoms with Crippen LogP contribution < -0.4 is 5.43 Å². The summed E-state index contributed by atoms with van der Waals surface area (Å²) in [5, 5.41) is 13.4. The van der Waals surface area contributed by atoms with Gasteiger partial charge >= 0.3 is 0 Å². The highest BCUT2D eigenvalue weighted by Gasteiger charge is 1.99. The van der Waals surface area contributed by atoms with Crippen molar-refractivity contribution in [2.45, 2.75) is 6.61 Å². The number of para-hydroxylation sites is 1. The van der Waals surface area contributed by atoms with Crippen molar-refractivity contribution in [2.24, 2.45) is 5.10 Å². The zero-order chi connectivity index (χ0) is 15.9. The van der Waals surface area contributed by atoms with Crippen LogP contribution >= 0.6 is 0 Å². The molecule has 0 saturated heterocycles. The number of hydrogen-bond acceptors (Lipinski definition) is 3. The first kappa shape index (κ1) is 15.0. The molecule has 3 aromatic carbocycles. The molecule has 0 bridgehead atoms. The van der Waals surface area contributed by atoms with Crippen LogP contribution in [0, 0.1) is 0 Å². The third kappa shape index (κ3) is 4.05. The second kappa shape index (κ2) is 7.38. The first-order valence-corrected chi connectivity index (χ1v) is 7.49. The fraction of sp³-hybridized carbons (Fsp3) is 0.0500. The van der Waals surface area contributed by atoms with Crippen LogP contribution in [0.4, 0.5) is 5.69 Å². The van der Waals surface area contributed by atoms with E-state index in [2.05, 4.69) is 22.7 Å². The smallest absolute Gasteiger partial charge is 0.0681 e. The van der Waals surface area contributed by atoms with E-state index in [1.807, 2.05) is 66.7 Å². The summed E-state index contributed by atoms with van der Waals surface area (Å²) in [6, 6.07) is 25.9. The van der Waals surface area contributed by atoms with Crippen molar-refractivity contribution in [1.82, 2.24) is 0 Å². The normalized spacial score (nSPS) is 10.8. The summed E-state index contributed by atoms with van der Waals surface area (Å²) < 4.78 is 0. The van der Waals surface area contributed by atoms with E-state index in [0.29, 0.717) is 0 Å². The summed E-state index contributed by atoms with van der Waals surface area (Å²) in [6.45, 7) is 0.0676. The van der Waals surface area contributed by atoms with Crippen LogP contribution in [0.2, 0.25) is 0 Å². The van der Waals surface area contributed by atoms with Gasteiger partial charge in [-0.3, -0.25) is 5.43 Å². The van der Waals surface area contributed by atoms with Crippen molar-refractivity contribution in [3.05, 3.63) is 90.0 Å². The standard InChI is InChI=1S/C20H18N2O/c23-15-16-9-11-18(12-10-16)19-6-4-5-17(13-19)14-21-22-20-7-2-1-3-8-20/h1-14,22-23H,15H2. The molecule has 3 heteroatoms. The Hall–Kier alpha value is -2.91. The van der Waals surface area contributed by atoms with Gasteiger partial charge in [0.05, 0.1) is 18.5 Å². The molecule has 0 aromatic heterocycles. The maximum absolute atomic E-state index is 9.11. The molecule has 0 unspecified atom stereocenters. The lowest BCUT2D eigenvalue weighted by molar-refractivity contribution is 0.282. The third-order valence-electron chi connectivity index (χ3n) is 3.54. The molecule has 0 heterocycles. The molecule has 0 aliphatic heterocycles. The molecule has 3 aromatic rings. The molecule has 0 aliphatic rings. The van der Waals surface area contributed by atoms with Crippen LogP contribution in [-0.4, -0.2) is 11.3 Å². The van der Waals surface area contributed by atoms with E-state index in [1.165, 1.54) is 0 Å². The summed E-state index contributed by atoms with van der Waals surface area (Å²) in [7, 11) is 0. The van der Waals surface area contributed by atoms with Crippen LogP contribution in [-0.2, 0) is 6.61 Å². The Kier molecular flexibility index (Phi) is 4.82. The second-order valence-electron chi connectivity index (χ2n) is 5.22. The van der Waals surface area contributed by atoms with E-state index in [4.69, 9.17) is 5.11 Å². The van der Waals surface area contributed by atoms with E-state index >= 15 is 0 Å². The van der Waals surface area contributed by atoms with Gasteiger partial charge in [-0.1, -0.05) is 60.7 Å². The minimum atomic E-state index is 0.0676. The van der Waals surface area contributed by atoms with Crippen LogP contribution in [0.1, 0.15) is 11.1 Å². The van der Waals surface area contributed by atoms with Crippen molar-refractivity contribution >= 4 is 11.9 Å². The lowest BCUT2D eigenvalue weighted by Crippen LogP contribution is -1.90. The number of benzene rings is 3. The third-order valence-corrected chi connectivity index (χ3v) is 3.54. The maximum atomic E-state index is 9.11. The fourth-order valence-corrected chi connectivity index (χ4v) is 2.30. The predicted molar refractivity (Wildman–Crippen MR) is 95.5 cm³/mol. The summed E-state index contributed by atoms with van der Waals surface area (Å²) >= 11 is 0. The van der Waals surface area contributed by atoms with Gasteiger partial charge in [0.1, 0.15) is 0 Å². The van der Waals surface area contributed by atoms with Gasteiger partial charge in [0, 0.05) is 0 Å². The maximum Gasteiger partial charge on any atom is 0.0681 e. The average molecular weight is 302 g/mol. The van der Waals surface area contributed by atoms with Gasteiger partial charge in [-0.2, -0.15) is 5.10 Å². The van der Waals surface area contributed by atoms with Crippen molar-refractivity contribution in [2.75, 3.05) is 5.43 Å². The Morgan fingerprint density at radius 3 is 2.35 bits per heavy atom. The van der Waals surface area contributed by atoms with Crippen LogP contribution in [0.15, 0.2) is 84.0 Å². The quantitative estimate of drug-likeness (QED) is 0.545. The Morgan fingerprint density at radius 1 is 0.826 bits per heavy atom. The van der Waals surface area contributed by atoms with Crippen molar-refractivity contribution in [1.29, 1.82) is 0 Å². The lowest BCUT2D eigenvalue weighted by Gasteiger charge is -2.04. The number of rotatable bonds is 5. The highest BCUT2D eigenvalue weighted by atomic mass is 16.3. The summed E-state index contributed by atoms with van der Waals surface area (Å²) in [5.74, 6) is 0. The molecule has 3 nitrogen and oxygen atoms in total. The summed E-state index contributed by atoms with van der Waals surface area (Å²) in [5.41, 5.74) is 8.15. The van der Waals surface area contributed by atoms with Crippen molar-refractivity contribution < 1.29 is 5.11 Å². The number of hydrogen-bond donors (Lipinski definition) is 2. The average Bonchev–Trinajstić information content (AvgIpc) is 2.63. The molecule has 114 valence electrons. The zero-order valence-electron chi connectivity index (χ0n) is 12.7. The van der Waals surface area contributed by atoms with E-state index in [9.17, 15) is 0 Å². The van der Waals surface area contributed by atoms with Gasteiger partial charge in [-0.05, 0) is 40.5 Å². The molecule has 2 N–H and O–H groups in total. The van der Waals surface area contributed by atoms with Gasteiger partial charge in [0.2, 0.25) is 0 Å². The molecule has 0 fully saturated rings. The summed E-state index contributed by atoms with van der Waals surface area (Å²) in [4.78, 5) is 0. The topological polar surface area (TPSA) is 44.6 Å². The molecular formula is C20H18N2O. The predicted octanol–water partition coefficient (Wildman–Crippen LogP) is 4.29. The van der Waals surface area contributed by atoms with E-state index in [-0.39, 0.29) is 6.61 Å². The first-order valence-electron chi connectivity index (χ1n) is 7.49.